The number of hydrogen-bond donors (Lipinski definition) is 2. The quantitative estimate of drug-likeness (QED) is 0.892. The molecule has 128 valence electrons. The summed E-state index contributed by atoms with van der Waals surface area (Å²) in [6, 6.07) is 8.77. The number of carbonyl (C=O) groups is 1. The molecule has 0 atom stereocenters. The van der Waals surface area contributed by atoms with Crippen molar-refractivity contribution in [3.05, 3.63) is 47.8 Å². The van der Waals surface area contributed by atoms with Gasteiger partial charge in [-0.05, 0) is 36.1 Å². The zero-order valence-corrected chi connectivity index (χ0v) is 14.6. The highest BCUT2D eigenvalue weighted by Gasteiger charge is 2.23. The van der Waals surface area contributed by atoms with Crippen LogP contribution in [0.15, 0.2) is 41.4 Å². The molecule has 2 aromatic rings. The average Bonchev–Trinajstić information content (AvgIpc) is 2.89. The van der Waals surface area contributed by atoms with E-state index in [1.807, 2.05) is 18.2 Å². The molecule has 0 spiro atoms. The van der Waals surface area contributed by atoms with E-state index >= 15 is 0 Å². The van der Waals surface area contributed by atoms with Crippen LogP contribution in [0.3, 0.4) is 0 Å². The van der Waals surface area contributed by atoms with Crippen molar-refractivity contribution in [1.82, 2.24) is 9.88 Å². The molecule has 24 heavy (non-hydrogen) atoms. The van der Waals surface area contributed by atoms with Crippen LogP contribution in [-0.2, 0) is 16.6 Å². The summed E-state index contributed by atoms with van der Waals surface area (Å²) in [7, 11) is -3.74. The number of hydrogen-bond acceptors (Lipinski definition) is 3. The van der Waals surface area contributed by atoms with E-state index in [0.717, 1.165) is 12.0 Å². The van der Waals surface area contributed by atoms with E-state index in [-0.39, 0.29) is 10.8 Å². The SMILES string of the molecule is CC(C)c1cccc(NS(=O)(=O)c2cc3n(c2)CCCNC3=O)c1. The first-order valence-electron chi connectivity index (χ1n) is 7.98. The van der Waals surface area contributed by atoms with Crippen molar-refractivity contribution in [2.24, 2.45) is 0 Å². The molecule has 1 aliphatic rings. The van der Waals surface area contributed by atoms with Gasteiger partial charge in [0.05, 0.1) is 0 Å². The minimum absolute atomic E-state index is 0.101. The zero-order valence-electron chi connectivity index (χ0n) is 13.7. The Bertz CT molecular complexity index is 869. The van der Waals surface area contributed by atoms with Crippen molar-refractivity contribution in [3.8, 4) is 0 Å². The number of anilines is 1. The number of nitrogens with one attached hydrogen (secondary N) is 2. The molecule has 0 bridgehead atoms. The van der Waals surface area contributed by atoms with E-state index in [1.54, 1.807) is 10.6 Å². The molecule has 1 amide bonds. The predicted octanol–water partition coefficient (Wildman–Crippen LogP) is 2.55. The first-order valence-corrected chi connectivity index (χ1v) is 9.46. The number of aryl methyl sites for hydroxylation is 1. The highest BCUT2D eigenvalue weighted by Crippen LogP contribution is 2.23. The summed E-state index contributed by atoms with van der Waals surface area (Å²) in [5, 5.41) is 2.76. The number of rotatable bonds is 4. The van der Waals surface area contributed by atoms with Gasteiger partial charge in [0.2, 0.25) is 0 Å². The number of amides is 1. The largest absolute Gasteiger partial charge is 0.351 e. The second kappa shape index (κ2) is 6.32. The fraction of sp³-hybridized carbons (Fsp3) is 0.353. The molecule has 0 saturated heterocycles. The number of benzene rings is 1. The summed E-state index contributed by atoms with van der Waals surface area (Å²) >= 11 is 0. The Kier molecular flexibility index (Phi) is 4.36. The Labute approximate surface area is 141 Å². The minimum atomic E-state index is -3.74. The summed E-state index contributed by atoms with van der Waals surface area (Å²) < 4.78 is 29.6. The predicted molar refractivity (Wildman–Crippen MR) is 92.7 cm³/mol. The summed E-state index contributed by atoms with van der Waals surface area (Å²) in [4.78, 5) is 12.1. The van der Waals surface area contributed by atoms with Crippen LogP contribution < -0.4 is 10.0 Å². The van der Waals surface area contributed by atoms with Crippen LogP contribution in [-0.4, -0.2) is 25.4 Å². The Morgan fingerprint density at radius 1 is 1.25 bits per heavy atom. The van der Waals surface area contributed by atoms with Gasteiger partial charge in [-0.25, -0.2) is 8.42 Å². The smallest absolute Gasteiger partial charge is 0.267 e. The molecule has 0 fully saturated rings. The standard InChI is InChI=1S/C17H21N3O3S/c1-12(2)13-5-3-6-14(9-13)19-24(22,23)15-10-16-17(21)18-7-4-8-20(16)11-15/h3,5-6,9-12,19H,4,7-8H2,1-2H3,(H,18,21). The van der Waals surface area contributed by atoms with Gasteiger partial charge in [0.15, 0.2) is 0 Å². The van der Waals surface area contributed by atoms with Crippen molar-refractivity contribution >= 4 is 21.6 Å². The van der Waals surface area contributed by atoms with Crippen LogP contribution in [0, 0.1) is 0 Å². The molecule has 1 aromatic carbocycles. The molecule has 7 heteroatoms. The fourth-order valence-corrected chi connectivity index (χ4v) is 3.81. The molecular weight excluding hydrogens is 326 g/mol. The summed E-state index contributed by atoms with van der Waals surface area (Å²) in [6.45, 7) is 5.32. The molecule has 3 rings (SSSR count). The summed E-state index contributed by atoms with van der Waals surface area (Å²) in [6.07, 6.45) is 2.30. The van der Waals surface area contributed by atoms with Crippen LogP contribution in [0.5, 0.6) is 0 Å². The first kappa shape index (κ1) is 16.6. The van der Waals surface area contributed by atoms with Gasteiger partial charge >= 0.3 is 0 Å². The first-order chi connectivity index (χ1) is 11.4. The van der Waals surface area contributed by atoms with E-state index < -0.39 is 10.0 Å². The Balaban J connectivity index is 1.90. The molecule has 0 unspecified atom stereocenters. The van der Waals surface area contributed by atoms with E-state index in [4.69, 9.17) is 0 Å². The number of nitrogens with zero attached hydrogens (tertiary/aromatic N) is 1. The maximum absolute atomic E-state index is 12.6. The molecule has 0 aliphatic carbocycles. The van der Waals surface area contributed by atoms with E-state index in [2.05, 4.69) is 23.9 Å². The van der Waals surface area contributed by atoms with Gasteiger partial charge in [-0.3, -0.25) is 9.52 Å². The molecule has 6 nitrogen and oxygen atoms in total. The van der Waals surface area contributed by atoms with Gasteiger partial charge in [-0.1, -0.05) is 26.0 Å². The third-order valence-corrected chi connectivity index (χ3v) is 5.43. The van der Waals surface area contributed by atoms with Gasteiger partial charge in [0.1, 0.15) is 10.6 Å². The van der Waals surface area contributed by atoms with Crippen LogP contribution >= 0.6 is 0 Å². The molecule has 2 N–H and O–H groups in total. The number of fused-ring (bicyclic) bond motifs is 1. The van der Waals surface area contributed by atoms with E-state index in [9.17, 15) is 13.2 Å². The fourth-order valence-electron chi connectivity index (χ4n) is 2.72. The Hall–Kier alpha value is -2.28. The lowest BCUT2D eigenvalue weighted by Crippen LogP contribution is -2.22. The topological polar surface area (TPSA) is 80.2 Å². The maximum atomic E-state index is 12.6. The molecular formula is C17H21N3O3S. The second-order valence-electron chi connectivity index (χ2n) is 6.25. The Morgan fingerprint density at radius 2 is 2.04 bits per heavy atom. The number of carbonyl (C=O) groups excluding carboxylic acids is 1. The summed E-state index contributed by atoms with van der Waals surface area (Å²) in [5.41, 5.74) is 1.96. The zero-order chi connectivity index (χ0) is 17.3. The second-order valence-corrected chi connectivity index (χ2v) is 7.93. The lowest BCUT2D eigenvalue weighted by atomic mass is 10.0. The van der Waals surface area contributed by atoms with Crippen molar-refractivity contribution in [2.45, 2.75) is 37.6 Å². The number of sulfonamides is 1. The van der Waals surface area contributed by atoms with E-state index in [1.165, 1.54) is 12.3 Å². The minimum Gasteiger partial charge on any atom is -0.351 e. The lowest BCUT2D eigenvalue weighted by Gasteiger charge is -2.10. The van der Waals surface area contributed by atoms with Crippen LogP contribution in [0.2, 0.25) is 0 Å². The van der Waals surface area contributed by atoms with Crippen molar-refractivity contribution < 1.29 is 13.2 Å². The third-order valence-electron chi connectivity index (χ3n) is 4.08. The Morgan fingerprint density at radius 3 is 2.79 bits per heavy atom. The summed E-state index contributed by atoms with van der Waals surface area (Å²) in [5.74, 6) is 0.0689. The van der Waals surface area contributed by atoms with Gasteiger partial charge in [-0.15, -0.1) is 0 Å². The van der Waals surface area contributed by atoms with Gasteiger partial charge in [0, 0.05) is 25.0 Å². The maximum Gasteiger partial charge on any atom is 0.267 e. The van der Waals surface area contributed by atoms with Crippen LogP contribution in [0.4, 0.5) is 5.69 Å². The monoisotopic (exact) mass is 347 g/mol. The van der Waals surface area contributed by atoms with Crippen LogP contribution in [0.25, 0.3) is 0 Å². The highest BCUT2D eigenvalue weighted by molar-refractivity contribution is 7.92. The van der Waals surface area contributed by atoms with Crippen LogP contribution in [0.1, 0.15) is 42.2 Å². The van der Waals surface area contributed by atoms with Crippen molar-refractivity contribution in [3.63, 3.8) is 0 Å². The van der Waals surface area contributed by atoms with Gasteiger partial charge in [0.25, 0.3) is 15.9 Å². The van der Waals surface area contributed by atoms with Crippen molar-refractivity contribution in [2.75, 3.05) is 11.3 Å². The van der Waals surface area contributed by atoms with Crippen molar-refractivity contribution in [1.29, 1.82) is 0 Å². The molecule has 1 aromatic heterocycles. The molecule has 0 saturated carbocycles. The van der Waals surface area contributed by atoms with E-state index in [0.29, 0.717) is 30.4 Å². The molecule has 1 aliphatic heterocycles. The van der Waals surface area contributed by atoms with Gasteiger partial charge in [-0.2, -0.15) is 0 Å². The molecule has 2 heterocycles. The lowest BCUT2D eigenvalue weighted by molar-refractivity contribution is 0.0951. The number of aromatic nitrogens is 1. The molecule has 0 radical (unpaired) electrons. The normalized spacial score (nSPS) is 14.9. The average molecular weight is 347 g/mol. The highest BCUT2D eigenvalue weighted by atomic mass is 32.2. The van der Waals surface area contributed by atoms with Gasteiger partial charge < -0.3 is 9.88 Å². The third kappa shape index (κ3) is 3.31.